The summed E-state index contributed by atoms with van der Waals surface area (Å²) in [5.74, 6) is -0.917. The van der Waals surface area contributed by atoms with Crippen molar-refractivity contribution < 1.29 is 28.6 Å². The van der Waals surface area contributed by atoms with Crippen LogP contribution in [0.2, 0.25) is 0 Å². The number of rotatable bonds is 56. The zero-order valence-electron chi connectivity index (χ0n) is 49.0. The fraction of sp³-hybridized carbons (Fsp3) is 0.696. The fourth-order valence-corrected chi connectivity index (χ4v) is 8.64. The predicted molar refractivity (Wildman–Crippen MR) is 325 cm³/mol. The molecule has 428 valence electrons. The smallest absolute Gasteiger partial charge is 0.306 e. The van der Waals surface area contributed by atoms with E-state index in [-0.39, 0.29) is 37.5 Å². The minimum absolute atomic E-state index is 0.0902. The van der Waals surface area contributed by atoms with Gasteiger partial charge in [-0.1, -0.05) is 278 Å². The van der Waals surface area contributed by atoms with E-state index in [1.54, 1.807) is 0 Å². The Morgan fingerprint density at radius 3 is 0.827 bits per heavy atom. The predicted octanol–water partition coefficient (Wildman–Crippen LogP) is 21.4. The molecule has 75 heavy (non-hydrogen) atoms. The van der Waals surface area contributed by atoms with Crippen LogP contribution < -0.4 is 0 Å². The largest absolute Gasteiger partial charge is 0.462 e. The van der Waals surface area contributed by atoms with Crippen molar-refractivity contribution in [2.45, 2.75) is 297 Å². The minimum Gasteiger partial charge on any atom is -0.462 e. The lowest BCUT2D eigenvalue weighted by Crippen LogP contribution is -2.30. The SMILES string of the molecule is CC/C=C\C/C=C\C/C=C\C/C=C\C/C=C\CCCCCC(=O)OC(COC(=O)CCCCCCCCCCCCCCC)COC(=O)CCCCCCCCCCCCCC/C=C\C/C=C\C/C=C\C/C=C\CC. The van der Waals surface area contributed by atoms with Crippen molar-refractivity contribution in [3.05, 3.63) is 109 Å². The summed E-state index contributed by atoms with van der Waals surface area (Å²) in [6, 6.07) is 0. The van der Waals surface area contributed by atoms with Gasteiger partial charge in [0.25, 0.3) is 0 Å². The lowest BCUT2D eigenvalue weighted by Gasteiger charge is -2.18. The van der Waals surface area contributed by atoms with Crippen LogP contribution in [-0.4, -0.2) is 37.2 Å². The van der Waals surface area contributed by atoms with Gasteiger partial charge in [0.1, 0.15) is 13.2 Å². The third kappa shape index (κ3) is 60.8. The van der Waals surface area contributed by atoms with E-state index in [4.69, 9.17) is 14.2 Å². The van der Waals surface area contributed by atoms with Crippen LogP contribution in [0.25, 0.3) is 0 Å². The summed E-state index contributed by atoms with van der Waals surface area (Å²) in [6.07, 6.45) is 85.2. The summed E-state index contributed by atoms with van der Waals surface area (Å²) in [5, 5.41) is 0. The van der Waals surface area contributed by atoms with Crippen molar-refractivity contribution in [3.8, 4) is 0 Å². The Morgan fingerprint density at radius 1 is 0.280 bits per heavy atom. The van der Waals surface area contributed by atoms with Gasteiger partial charge in [-0.25, -0.2) is 0 Å². The quantitative estimate of drug-likeness (QED) is 0.0261. The maximum absolute atomic E-state index is 12.9. The molecule has 0 saturated carbocycles. The maximum atomic E-state index is 12.9. The number of carbonyl (C=O) groups is 3. The summed E-state index contributed by atoms with van der Waals surface area (Å²) in [4.78, 5) is 38.3. The topological polar surface area (TPSA) is 78.9 Å². The van der Waals surface area contributed by atoms with Crippen LogP contribution >= 0.6 is 0 Å². The van der Waals surface area contributed by atoms with E-state index in [9.17, 15) is 14.4 Å². The number of hydrogen-bond acceptors (Lipinski definition) is 6. The van der Waals surface area contributed by atoms with Gasteiger partial charge in [-0.2, -0.15) is 0 Å². The van der Waals surface area contributed by atoms with Gasteiger partial charge in [0.2, 0.25) is 0 Å². The zero-order valence-corrected chi connectivity index (χ0v) is 49.0. The number of carbonyl (C=O) groups excluding carboxylic acids is 3. The molecule has 1 unspecified atom stereocenters. The molecule has 0 rings (SSSR count). The van der Waals surface area contributed by atoms with E-state index < -0.39 is 6.10 Å². The monoisotopic (exact) mass is 1040 g/mol. The minimum atomic E-state index is -0.797. The van der Waals surface area contributed by atoms with E-state index in [1.807, 2.05) is 0 Å². The highest BCUT2D eigenvalue weighted by atomic mass is 16.6. The van der Waals surface area contributed by atoms with Crippen molar-refractivity contribution in [2.24, 2.45) is 0 Å². The number of esters is 3. The molecule has 6 nitrogen and oxygen atoms in total. The average molecular weight is 1040 g/mol. The first kappa shape index (κ1) is 71.1. The van der Waals surface area contributed by atoms with Crippen LogP contribution in [0.1, 0.15) is 290 Å². The highest BCUT2D eigenvalue weighted by Crippen LogP contribution is 2.16. The Kier molecular flexibility index (Phi) is 59.3. The number of ether oxygens (including phenoxy) is 3. The molecule has 0 aromatic heterocycles. The van der Waals surface area contributed by atoms with Crippen molar-refractivity contribution in [1.82, 2.24) is 0 Å². The van der Waals surface area contributed by atoms with Crippen LogP contribution in [-0.2, 0) is 28.6 Å². The molecule has 0 aliphatic rings. The number of hydrogen-bond donors (Lipinski definition) is 0. The second-order valence-electron chi connectivity index (χ2n) is 20.6. The standard InChI is InChI=1S/C69H116O6/c1-4-7-10-13-16-19-22-25-27-29-31-32-33-34-35-36-38-39-41-44-47-50-53-56-59-62-68(71)74-65-66(64-73-67(70)61-58-55-52-49-46-43-24-21-18-15-12-9-6-3)75-69(72)63-60-57-54-51-48-45-42-40-37-30-28-26-23-20-17-14-11-8-5-2/h7-8,10-11,16-17,19-20,25-28,31-32,37,40,45,48,66H,4-6,9,12-15,18,21-24,29-30,33-36,38-39,41-44,46-47,49-65H2,1-3H3/b10-7-,11-8-,19-16-,20-17-,27-25-,28-26-,32-31-,40-37-,48-45-. The molecule has 0 saturated heterocycles. The summed E-state index contributed by atoms with van der Waals surface area (Å²) in [7, 11) is 0. The second kappa shape index (κ2) is 62.6. The lowest BCUT2D eigenvalue weighted by molar-refractivity contribution is -0.167. The summed E-state index contributed by atoms with van der Waals surface area (Å²) in [5.41, 5.74) is 0. The Hall–Kier alpha value is -3.93. The Balaban J connectivity index is 4.37. The summed E-state index contributed by atoms with van der Waals surface area (Å²) in [6.45, 7) is 6.40. The molecular formula is C69H116O6. The van der Waals surface area contributed by atoms with Gasteiger partial charge >= 0.3 is 17.9 Å². The van der Waals surface area contributed by atoms with Crippen molar-refractivity contribution in [2.75, 3.05) is 13.2 Å². The Morgan fingerprint density at radius 2 is 0.520 bits per heavy atom. The molecule has 0 aliphatic heterocycles. The zero-order chi connectivity index (χ0) is 54.3. The van der Waals surface area contributed by atoms with Crippen LogP contribution in [0.15, 0.2) is 109 Å². The molecule has 0 fully saturated rings. The van der Waals surface area contributed by atoms with Crippen molar-refractivity contribution in [3.63, 3.8) is 0 Å². The molecule has 0 aromatic rings. The third-order valence-corrected chi connectivity index (χ3v) is 13.3. The lowest BCUT2D eigenvalue weighted by atomic mass is 10.0. The molecule has 0 bridgehead atoms. The molecule has 1 atom stereocenters. The Bertz CT molecular complexity index is 1520. The molecule has 0 heterocycles. The first-order valence-electron chi connectivity index (χ1n) is 31.4. The van der Waals surface area contributed by atoms with Gasteiger partial charge in [0.15, 0.2) is 6.10 Å². The van der Waals surface area contributed by atoms with Gasteiger partial charge in [-0.15, -0.1) is 0 Å². The van der Waals surface area contributed by atoms with Gasteiger partial charge in [0.05, 0.1) is 0 Å². The van der Waals surface area contributed by atoms with E-state index >= 15 is 0 Å². The third-order valence-electron chi connectivity index (χ3n) is 13.3. The molecular weight excluding hydrogens is 925 g/mol. The van der Waals surface area contributed by atoms with E-state index in [0.29, 0.717) is 12.8 Å². The van der Waals surface area contributed by atoms with Crippen LogP contribution in [0.4, 0.5) is 0 Å². The Labute approximate surface area is 463 Å². The van der Waals surface area contributed by atoms with Gasteiger partial charge < -0.3 is 14.2 Å². The molecule has 0 spiro atoms. The second-order valence-corrected chi connectivity index (χ2v) is 20.6. The first-order chi connectivity index (χ1) is 37.0. The van der Waals surface area contributed by atoms with E-state index in [0.717, 1.165) is 122 Å². The molecule has 0 aromatic carbocycles. The average Bonchev–Trinajstić information content (AvgIpc) is 3.41. The van der Waals surface area contributed by atoms with Crippen molar-refractivity contribution >= 4 is 17.9 Å². The summed E-state index contributed by atoms with van der Waals surface area (Å²) < 4.78 is 16.9. The van der Waals surface area contributed by atoms with E-state index in [1.165, 1.54) is 128 Å². The van der Waals surface area contributed by atoms with Crippen LogP contribution in [0, 0.1) is 0 Å². The van der Waals surface area contributed by atoms with Crippen molar-refractivity contribution in [1.29, 1.82) is 0 Å². The highest BCUT2D eigenvalue weighted by Gasteiger charge is 2.19. The highest BCUT2D eigenvalue weighted by molar-refractivity contribution is 5.71. The van der Waals surface area contributed by atoms with Gasteiger partial charge in [0, 0.05) is 19.3 Å². The van der Waals surface area contributed by atoms with E-state index in [2.05, 4.69) is 130 Å². The molecule has 6 heteroatoms. The molecule has 0 amide bonds. The molecule has 0 N–H and O–H groups in total. The number of allylic oxidation sites excluding steroid dienone is 18. The summed E-state index contributed by atoms with van der Waals surface area (Å²) >= 11 is 0. The normalized spacial score (nSPS) is 12.8. The molecule has 0 radical (unpaired) electrons. The fourth-order valence-electron chi connectivity index (χ4n) is 8.64. The number of unbranched alkanes of at least 4 members (excludes halogenated alkanes) is 27. The van der Waals surface area contributed by atoms with Crippen LogP contribution in [0.5, 0.6) is 0 Å². The van der Waals surface area contributed by atoms with Gasteiger partial charge in [-0.3, -0.25) is 14.4 Å². The first-order valence-corrected chi connectivity index (χ1v) is 31.4. The van der Waals surface area contributed by atoms with Crippen LogP contribution in [0.3, 0.4) is 0 Å². The van der Waals surface area contributed by atoms with Gasteiger partial charge in [-0.05, 0) is 103 Å². The molecule has 0 aliphatic carbocycles. The maximum Gasteiger partial charge on any atom is 0.306 e.